The molecule has 13 heavy (non-hydrogen) atoms. The summed E-state index contributed by atoms with van der Waals surface area (Å²) in [7, 11) is 0. The topological polar surface area (TPSA) is 0 Å². The second kappa shape index (κ2) is 8.33. The minimum absolute atomic E-state index is 0. The fourth-order valence-electron chi connectivity index (χ4n) is 1.70. The highest BCUT2D eigenvalue weighted by Gasteiger charge is 2.19. The summed E-state index contributed by atoms with van der Waals surface area (Å²) < 4.78 is 1.11. The normalized spacial score (nSPS) is 10.3. The third-order valence-electron chi connectivity index (χ3n) is 2.40. The van der Waals surface area contributed by atoms with Crippen LogP contribution in [-0.2, 0) is 0 Å². The van der Waals surface area contributed by atoms with Crippen LogP contribution in [0.3, 0.4) is 0 Å². The van der Waals surface area contributed by atoms with E-state index in [2.05, 4.69) is 27.0 Å². The fourth-order valence-corrected chi connectivity index (χ4v) is 1.70. The molecule has 78 valence electrons. The minimum Gasteiger partial charge on any atom is -1.00 e. The molecule has 0 aromatic carbocycles. The van der Waals surface area contributed by atoms with Crippen LogP contribution in [0, 0.1) is 0 Å². The first-order valence-electron chi connectivity index (χ1n) is 4.81. The van der Waals surface area contributed by atoms with Crippen molar-refractivity contribution >= 4 is 0 Å². The SMILES string of the molecule is C=CC[N+](CC)(CC=C)CCC.[Cl-]. The molecule has 0 heterocycles. The van der Waals surface area contributed by atoms with Gasteiger partial charge in [-0.3, -0.25) is 0 Å². The Morgan fingerprint density at radius 1 is 1.08 bits per heavy atom. The van der Waals surface area contributed by atoms with Crippen LogP contribution < -0.4 is 12.4 Å². The van der Waals surface area contributed by atoms with E-state index in [0.717, 1.165) is 17.6 Å². The van der Waals surface area contributed by atoms with E-state index in [0.29, 0.717) is 0 Å². The molecule has 0 bridgehead atoms. The number of nitrogens with zero attached hydrogens (tertiary/aromatic N) is 1. The van der Waals surface area contributed by atoms with Crippen LogP contribution in [0.5, 0.6) is 0 Å². The number of likely N-dealkylation sites (N-methyl/N-ethyl adjacent to an activating group) is 1. The van der Waals surface area contributed by atoms with E-state index in [9.17, 15) is 0 Å². The average molecular weight is 204 g/mol. The molecule has 0 aliphatic rings. The molecule has 0 aromatic heterocycles. The van der Waals surface area contributed by atoms with Crippen LogP contribution in [0.25, 0.3) is 0 Å². The van der Waals surface area contributed by atoms with Gasteiger partial charge in [0.1, 0.15) is 0 Å². The zero-order valence-electron chi connectivity index (χ0n) is 8.93. The van der Waals surface area contributed by atoms with Gasteiger partial charge in [0, 0.05) is 0 Å². The highest BCUT2D eigenvalue weighted by molar-refractivity contribution is 4.71. The Labute approximate surface area is 89.1 Å². The smallest absolute Gasteiger partial charge is 0.0973 e. The molecular weight excluding hydrogens is 182 g/mol. The molecule has 0 rings (SSSR count). The summed E-state index contributed by atoms with van der Waals surface area (Å²) in [5.74, 6) is 0. The second-order valence-corrected chi connectivity index (χ2v) is 3.32. The Hall–Kier alpha value is -0.270. The standard InChI is InChI=1S/C11H22N.ClH/c1-5-9-12(8-4,10-6-2)11-7-3;/h5-6H,1-2,7-11H2,3-4H3;1H/q+1;/p-1. The van der Waals surface area contributed by atoms with Gasteiger partial charge in [0.15, 0.2) is 0 Å². The Balaban J connectivity index is 0. The van der Waals surface area contributed by atoms with E-state index < -0.39 is 0 Å². The Morgan fingerprint density at radius 3 is 1.77 bits per heavy atom. The molecule has 0 aliphatic carbocycles. The van der Waals surface area contributed by atoms with Crippen LogP contribution >= 0.6 is 0 Å². The van der Waals surface area contributed by atoms with Gasteiger partial charge in [-0.05, 0) is 25.5 Å². The van der Waals surface area contributed by atoms with Gasteiger partial charge >= 0.3 is 0 Å². The fraction of sp³-hybridized carbons (Fsp3) is 0.636. The van der Waals surface area contributed by atoms with E-state index in [1.807, 2.05) is 12.2 Å². The van der Waals surface area contributed by atoms with Crippen LogP contribution in [-0.4, -0.2) is 30.7 Å². The second-order valence-electron chi connectivity index (χ2n) is 3.32. The van der Waals surface area contributed by atoms with Gasteiger partial charge in [-0.1, -0.05) is 20.1 Å². The third-order valence-corrected chi connectivity index (χ3v) is 2.40. The maximum Gasteiger partial charge on any atom is 0.0973 e. The van der Waals surface area contributed by atoms with Crippen molar-refractivity contribution < 1.29 is 16.9 Å². The lowest BCUT2D eigenvalue weighted by Crippen LogP contribution is -3.00. The third kappa shape index (κ3) is 5.12. The first-order valence-corrected chi connectivity index (χ1v) is 4.81. The van der Waals surface area contributed by atoms with Gasteiger partial charge in [0.25, 0.3) is 0 Å². The molecule has 0 amide bonds. The number of quaternary nitrogens is 1. The Morgan fingerprint density at radius 2 is 1.54 bits per heavy atom. The maximum absolute atomic E-state index is 3.81. The molecule has 0 atom stereocenters. The number of hydrogen-bond acceptors (Lipinski definition) is 0. The van der Waals surface area contributed by atoms with E-state index in [-0.39, 0.29) is 12.4 Å². The summed E-state index contributed by atoms with van der Waals surface area (Å²) in [6, 6.07) is 0. The highest BCUT2D eigenvalue weighted by Crippen LogP contribution is 2.08. The van der Waals surface area contributed by atoms with E-state index >= 15 is 0 Å². The van der Waals surface area contributed by atoms with Crippen LogP contribution in [0.2, 0.25) is 0 Å². The number of halogens is 1. The Kier molecular flexibility index (Phi) is 9.75. The van der Waals surface area contributed by atoms with Gasteiger partial charge in [0.2, 0.25) is 0 Å². The molecule has 0 radical (unpaired) electrons. The first kappa shape index (κ1) is 15.2. The van der Waals surface area contributed by atoms with E-state index in [1.54, 1.807) is 0 Å². The molecule has 0 N–H and O–H groups in total. The van der Waals surface area contributed by atoms with Crippen molar-refractivity contribution in [3.8, 4) is 0 Å². The minimum atomic E-state index is 0. The molecular formula is C11H22ClN. The molecule has 0 aliphatic heterocycles. The van der Waals surface area contributed by atoms with Gasteiger partial charge < -0.3 is 16.9 Å². The predicted molar refractivity (Wildman–Crippen MR) is 56.1 cm³/mol. The van der Waals surface area contributed by atoms with Crippen molar-refractivity contribution in [2.45, 2.75) is 20.3 Å². The molecule has 0 saturated carbocycles. The summed E-state index contributed by atoms with van der Waals surface area (Å²) in [6.07, 6.45) is 5.26. The van der Waals surface area contributed by atoms with Gasteiger partial charge in [0.05, 0.1) is 26.2 Å². The first-order chi connectivity index (χ1) is 5.74. The number of hydrogen-bond donors (Lipinski definition) is 0. The summed E-state index contributed by atoms with van der Waals surface area (Å²) in [4.78, 5) is 0. The van der Waals surface area contributed by atoms with Crippen LogP contribution in [0.15, 0.2) is 25.3 Å². The maximum atomic E-state index is 3.81. The number of rotatable bonds is 7. The average Bonchev–Trinajstić information content (AvgIpc) is 2.06. The monoisotopic (exact) mass is 203 g/mol. The lowest BCUT2D eigenvalue weighted by atomic mass is 10.2. The van der Waals surface area contributed by atoms with Gasteiger partial charge in [-0.2, -0.15) is 0 Å². The molecule has 2 heteroatoms. The predicted octanol–water partition coefficient (Wildman–Crippen LogP) is -0.391. The van der Waals surface area contributed by atoms with Crippen molar-refractivity contribution in [1.82, 2.24) is 0 Å². The molecule has 1 nitrogen and oxygen atoms in total. The van der Waals surface area contributed by atoms with Crippen LogP contribution in [0.4, 0.5) is 0 Å². The molecule has 0 unspecified atom stereocenters. The quantitative estimate of drug-likeness (QED) is 0.391. The zero-order chi connectivity index (χ0) is 9.45. The summed E-state index contributed by atoms with van der Waals surface area (Å²) in [6.45, 7) is 16.6. The summed E-state index contributed by atoms with van der Waals surface area (Å²) in [5.41, 5.74) is 0. The van der Waals surface area contributed by atoms with Crippen molar-refractivity contribution in [2.75, 3.05) is 26.2 Å². The van der Waals surface area contributed by atoms with Crippen molar-refractivity contribution in [1.29, 1.82) is 0 Å². The van der Waals surface area contributed by atoms with Crippen molar-refractivity contribution in [2.24, 2.45) is 0 Å². The summed E-state index contributed by atoms with van der Waals surface area (Å²) >= 11 is 0. The van der Waals surface area contributed by atoms with Crippen LogP contribution in [0.1, 0.15) is 20.3 Å². The lowest BCUT2D eigenvalue weighted by molar-refractivity contribution is -0.915. The Bertz CT molecular complexity index is 133. The largest absolute Gasteiger partial charge is 1.00 e. The van der Waals surface area contributed by atoms with Gasteiger partial charge in [-0.25, -0.2) is 0 Å². The van der Waals surface area contributed by atoms with E-state index in [4.69, 9.17) is 0 Å². The van der Waals surface area contributed by atoms with E-state index in [1.165, 1.54) is 19.5 Å². The van der Waals surface area contributed by atoms with Gasteiger partial charge in [-0.15, -0.1) is 0 Å². The zero-order valence-corrected chi connectivity index (χ0v) is 9.69. The van der Waals surface area contributed by atoms with Crippen molar-refractivity contribution in [3.05, 3.63) is 25.3 Å². The molecule has 0 saturated heterocycles. The molecule has 0 aromatic rings. The molecule has 0 fully saturated rings. The molecule has 0 spiro atoms. The summed E-state index contributed by atoms with van der Waals surface area (Å²) in [5, 5.41) is 0. The lowest BCUT2D eigenvalue weighted by Gasteiger charge is -2.35. The van der Waals surface area contributed by atoms with Crippen molar-refractivity contribution in [3.63, 3.8) is 0 Å². The highest BCUT2D eigenvalue weighted by atomic mass is 35.5.